The van der Waals surface area contributed by atoms with E-state index in [9.17, 15) is 0 Å². The predicted molar refractivity (Wildman–Crippen MR) is 115 cm³/mol. The van der Waals surface area contributed by atoms with Gasteiger partial charge in [-0.1, -0.05) is 90.9 Å². The van der Waals surface area contributed by atoms with Crippen molar-refractivity contribution >= 4 is 0 Å². The van der Waals surface area contributed by atoms with Crippen LogP contribution in [0.5, 0.6) is 0 Å². The zero-order chi connectivity index (χ0) is 18.5. The fraction of sp³-hybridized carbons (Fsp3) is 1.00. The third kappa shape index (κ3) is 9.25. The van der Waals surface area contributed by atoms with Gasteiger partial charge in [-0.2, -0.15) is 0 Å². The lowest BCUT2D eigenvalue weighted by Gasteiger charge is -2.32. The first-order valence-corrected chi connectivity index (χ1v) is 12.4. The molecule has 154 valence electrons. The molecule has 1 heteroatoms. The zero-order valence-corrected chi connectivity index (χ0v) is 18.2. The molecule has 0 amide bonds. The second-order valence-corrected chi connectivity index (χ2v) is 9.56. The molecule has 0 aromatic carbocycles. The monoisotopic (exact) mass is 364 g/mol. The van der Waals surface area contributed by atoms with Gasteiger partial charge in [0.05, 0.1) is 6.10 Å². The standard InChI is InChI=1S/C25H48O/c1-3-5-7-8-10-12-22-13-15-24(16-14-22)21-26-25-19-17-23(18-20-25)11-9-6-4-2/h22-25H,3-21H2,1-2H3/t22-,23-,24-,25-. The van der Waals surface area contributed by atoms with Crippen LogP contribution in [0.2, 0.25) is 0 Å². The summed E-state index contributed by atoms with van der Waals surface area (Å²) in [6.07, 6.45) is 26.4. The van der Waals surface area contributed by atoms with E-state index in [2.05, 4.69) is 13.8 Å². The first-order chi connectivity index (χ1) is 12.8. The zero-order valence-electron chi connectivity index (χ0n) is 18.2. The molecule has 1 nitrogen and oxygen atoms in total. The lowest BCUT2D eigenvalue weighted by molar-refractivity contribution is -0.0104. The van der Waals surface area contributed by atoms with Crippen LogP contribution < -0.4 is 0 Å². The van der Waals surface area contributed by atoms with Gasteiger partial charge in [0.2, 0.25) is 0 Å². The number of rotatable bonds is 13. The minimum absolute atomic E-state index is 0.591. The average Bonchev–Trinajstić information content (AvgIpc) is 2.68. The molecule has 0 radical (unpaired) electrons. The smallest absolute Gasteiger partial charge is 0.0575 e. The van der Waals surface area contributed by atoms with E-state index in [1.54, 1.807) is 0 Å². The van der Waals surface area contributed by atoms with Crippen molar-refractivity contribution in [1.82, 2.24) is 0 Å². The van der Waals surface area contributed by atoms with Crippen molar-refractivity contribution in [3.05, 3.63) is 0 Å². The van der Waals surface area contributed by atoms with Crippen molar-refractivity contribution in [2.24, 2.45) is 17.8 Å². The second kappa shape index (κ2) is 14.0. The molecule has 0 aromatic rings. The van der Waals surface area contributed by atoms with E-state index in [1.165, 1.54) is 116 Å². The summed E-state index contributed by atoms with van der Waals surface area (Å²) >= 11 is 0. The average molecular weight is 365 g/mol. The molecule has 0 N–H and O–H groups in total. The van der Waals surface area contributed by atoms with Crippen molar-refractivity contribution in [1.29, 1.82) is 0 Å². The van der Waals surface area contributed by atoms with E-state index in [-0.39, 0.29) is 0 Å². The van der Waals surface area contributed by atoms with E-state index in [1.807, 2.05) is 0 Å². The Bertz CT molecular complexity index is 310. The number of hydrogen-bond donors (Lipinski definition) is 0. The predicted octanol–water partition coefficient (Wildman–Crippen LogP) is 8.31. The van der Waals surface area contributed by atoms with E-state index in [0.29, 0.717) is 6.10 Å². The first-order valence-electron chi connectivity index (χ1n) is 12.4. The lowest BCUT2D eigenvalue weighted by atomic mass is 9.80. The van der Waals surface area contributed by atoms with Crippen LogP contribution in [0, 0.1) is 17.8 Å². The molecule has 2 rings (SSSR count). The SMILES string of the molecule is CCCCCCC[C@H]1CC[C@H](CO[C@H]2CC[C@H](CCCCC)CC2)CC1. The Balaban J connectivity index is 1.46. The summed E-state index contributed by atoms with van der Waals surface area (Å²) in [6.45, 7) is 5.68. The Morgan fingerprint density at radius 2 is 1.00 bits per heavy atom. The van der Waals surface area contributed by atoms with Crippen molar-refractivity contribution in [3.63, 3.8) is 0 Å². The van der Waals surface area contributed by atoms with Crippen LogP contribution in [0.1, 0.15) is 129 Å². The van der Waals surface area contributed by atoms with Gasteiger partial charge in [-0.3, -0.25) is 0 Å². The molecule has 0 unspecified atom stereocenters. The van der Waals surface area contributed by atoms with Crippen molar-refractivity contribution in [2.75, 3.05) is 6.61 Å². The summed E-state index contributed by atoms with van der Waals surface area (Å²) in [4.78, 5) is 0. The molecule has 0 atom stereocenters. The van der Waals surface area contributed by atoms with Crippen LogP contribution in [0.4, 0.5) is 0 Å². The van der Waals surface area contributed by atoms with E-state index >= 15 is 0 Å². The summed E-state index contributed by atoms with van der Waals surface area (Å²) in [5, 5.41) is 0. The molecule has 0 saturated heterocycles. The van der Waals surface area contributed by atoms with E-state index in [4.69, 9.17) is 4.74 Å². The van der Waals surface area contributed by atoms with Crippen LogP contribution in [0.25, 0.3) is 0 Å². The summed E-state index contributed by atoms with van der Waals surface area (Å²) in [5.41, 5.74) is 0. The fourth-order valence-electron chi connectivity index (χ4n) is 5.27. The normalized spacial score (nSPS) is 29.8. The maximum Gasteiger partial charge on any atom is 0.0575 e. The molecule has 2 aliphatic rings. The third-order valence-electron chi connectivity index (χ3n) is 7.26. The topological polar surface area (TPSA) is 9.23 Å². The van der Waals surface area contributed by atoms with Gasteiger partial charge in [0.1, 0.15) is 0 Å². The minimum atomic E-state index is 0.591. The highest BCUT2D eigenvalue weighted by atomic mass is 16.5. The molecule has 0 aliphatic heterocycles. The van der Waals surface area contributed by atoms with Crippen LogP contribution in [0.15, 0.2) is 0 Å². The molecule has 0 spiro atoms. The highest BCUT2D eigenvalue weighted by molar-refractivity contribution is 4.76. The molecular formula is C25H48O. The summed E-state index contributed by atoms with van der Waals surface area (Å²) in [7, 11) is 0. The van der Waals surface area contributed by atoms with Crippen molar-refractivity contribution < 1.29 is 4.74 Å². The molecule has 0 bridgehead atoms. The molecule has 2 aliphatic carbocycles. The van der Waals surface area contributed by atoms with E-state index < -0.39 is 0 Å². The lowest BCUT2D eigenvalue weighted by Crippen LogP contribution is -2.26. The van der Waals surface area contributed by atoms with Gasteiger partial charge in [0.15, 0.2) is 0 Å². The summed E-state index contributed by atoms with van der Waals surface area (Å²) in [5.74, 6) is 2.91. The Hall–Kier alpha value is -0.0400. The van der Waals surface area contributed by atoms with Gasteiger partial charge in [-0.05, 0) is 56.3 Å². The van der Waals surface area contributed by atoms with Crippen molar-refractivity contribution in [2.45, 2.75) is 136 Å². The van der Waals surface area contributed by atoms with Gasteiger partial charge in [-0.15, -0.1) is 0 Å². The fourth-order valence-corrected chi connectivity index (χ4v) is 5.27. The van der Waals surface area contributed by atoms with Crippen LogP contribution in [0.3, 0.4) is 0 Å². The molecular weight excluding hydrogens is 316 g/mol. The third-order valence-corrected chi connectivity index (χ3v) is 7.26. The number of hydrogen-bond acceptors (Lipinski definition) is 1. The Labute approximate surface area is 165 Å². The van der Waals surface area contributed by atoms with E-state index in [0.717, 1.165) is 24.4 Å². The molecule has 0 aromatic heterocycles. The highest BCUT2D eigenvalue weighted by Crippen LogP contribution is 2.34. The van der Waals surface area contributed by atoms with Crippen LogP contribution >= 0.6 is 0 Å². The summed E-state index contributed by atoms with van der Waals surface area (Å²) < 4.78 is 6.36. The Kier molecular flexibility index (Phi) is 12.0. The highest BCUT2D eigenvalue weighted by Gasteiger charge is 2.24. The number of unbranched alkanes of at least 4 members (excludes halogenated alkanes) is 6. The number of ether oxygens (including phenoxy) is 1. The van der Waals surface area contributed by atoms with Crippen LogP contribution in [-0.2, 0) is 4.74 Å². The maximum atomic E-state index is 6.36. The van der Waals surface area contributed by atoms with Crippen molar-refractivity contribution in [3.8, 4) is 0 Å². The van der Waals surface area contributed by atoms with Gasteiger partial charge >= 0.3 is 0 Å². The largest absolute Gasteiger partial charge is 0.378 e. The molecule has 26 heavy (non-hydrogen) atoms. The maximum absolute atomic E-state index is 6.36. The van der Waals surface area contributed by atoms with Gasteiger partial charge in [0.25, 0.3) is 0 Å². The summed E-state index contributed by atoms with van der Waals surface area (Å²) in [6, 6.07) is 0. The van der Waals surface area contributed by atoms with Crippen LogP contribution in [-0.4, -0.2) is 12.7 Å². The first kappa shape index (κ1) is 22.3. The minimum Gasteiger partial charge on any atom is -0.378 e. The molecule has 2 fully saturated rings. The molecule has 0 heterocycles. The molecule has 2 saturated carbocycles. The van der Waals surface area contributed by atoms with Gasteiger partial charge in [0, 0.05) is 6.61 Å². The van der Waals surface area contributed by atoms with Gasteiger partial charge < -0.3 is 4.74 Å². The Morgan fingerprint density at radius 3 is 1.62 bits per heavy atom. The van der Waals surface area contributed by atoms with Gasteiger partial charge in [-0.25, -0.2) is 0 Å². The second-order valence-electron chi connectivity index (χ2n) is 9.56. The quantitative estimate of drug-likeness (QED) is 0.298. The Morgan fingerprint density at radius 1 is 0.538 bits per heavy atom.